The number of ether oxygens (including phenoxy) is 1. The van der Waals surface area contributed by atoms with E-state index in [-0.39, 0.29) is 12.6 Å². The maximum Gasteiger partial charge on any atom is 0.341 e. The average molecular weight is 308 g/mol. The van der Waals surface area contributed by atoms with Crippen molar-refractivity contribution >= 4 is 12.0 Å². The Morgan fingerprint density at radius 3 is 2.91 bits per heavy atom. The maximum atomic E-state index is 12.3. The number of likely N-dealkylation sites (tertiary alicyclic amines) is 1. The molecule has 1 fully saturated rings. The SMILES string of the molecule is CCC1CCCCN1C(=O)NCc1cc(C(=O)OC)c(C)o1. The number of hydrogen-bond acceptors (Lipinski definition) is 4. The first-order valence-corrected chi connectivity index (χ1v) is 7.78. The molecule has 1 saturated heterocycles. The lowest BCUT2D eigenvalue weighted by Gasteiger charge is -2.35. The lowest BCUT2D eigenvalue weighted by Crippen LogP contribution is -2.48. The van der Waals surface area contributed by atoms with Crippen molar-refractivity contribution in [1.29, 1.82) is 0 Å². The minimum Gasteiger partial charge on any atom is -0.465 e. The normalized spacial score (nSPS) is 18.1. The summed E-state index contributed by atoms with van der Waals surface area (Å²) in [6, 6.07) is 1.87. The van der Waals surface area contributed by atoms with Gasteiger partial charge in [0.1, 0.15) is 17.1 Å². The van der Waals surface area contributed by atoms with Gasteiger partial charge in [0.15, 0.2) is 0 Å². The van der Waals surface area contributed by atoms with E-state index >= 15 is 0 Å². The molecule has 1 aromatic heterocycles. The number of carbonyl (C=O) groups excluding carboxylic acids is 2. The Balaban J connectivity index is 1.94. The molecule has 0 saturated carbocycles. The molecule has 0 bridgehead atoms. The van der Waals surface area contributed by atoms with E-state index in [2.05, 4.69) is 17.0 Å². The fourth-order valence-electron chi connectivity index (χ4n) is 2.90. The smallest absolute Gasteiger partial charge is 0.341 e. The van der Waals surface area contributed by atoms with Crippen molar-refractivity contribution < 1.29 is 18.7 Å². The molecule has 0 spiro atoms. The summed E-state index contributed by atoms with van der Waals surface area (Å²) < 4.78 is 10.2. The molecule has 2 rings (SSSR count). The van der Waals surface area contributed by atoms with Gasteiger partial charge < -0.3 is 19.4 Å². The molecule has 1 aliphatic rings. The molecule has 2 amide bonds. The van der Waals surface area contributed by atoms with Crippen LogP contribution in [0.2, 0.25) is 0 Å². The first-order valence-electron chi connectivity index (χ1n) is 7.78. The Morgan fingerprint density at radius 1 is 1.45 bits per heavy atom. The summed E-state index contributed by atoms with van der Waals surface area (Å²) in [5.41, 5.74) is 0.399. The molecular weight excluding hydrogens is 284 g/mol. The first-order chi connectivity index (χ1) is 10.6. The van der Waals surface area contributed by atoms with E-state index in [1.807, 2.05) is 4.90 Å². The van der Waals surface area contributed by atoms with Crippen molar-refractivity contribution in [1.82, 2.24) is 10.2 Å². The van der Waals surface area contributed by atoms with E-state index in [0.29, 0.717) is 23.1 Å². The number of amides is 2. The van der Waals surface area contributed by atoms with Crippen molar-refractivity contribution in [2.75, 3.05) is 13.7 Å². The van der Waals surface area contributed by atoms with Crippen molar-refractivity contribution in [2.24, 2.45) is 0 Å². The van der Waals surface area contributed by atoms with Crippen LogP contribution in [0.25, 0.3) is 0 Å². The topological polar surface area (TPSA) is 71.8 Å². The van der Waals surface area contributed by atoms with Gasteiger partial charge in [-0.25, -0.2) is 9.59 Å². The molecule has 6 heteroatoms. The molecule has 2 heterocycles. The summed E-state index contributed by atoms with van der Waals surface area (Å²) in [5, 5.41) is 2.87. The number of furan rings is 1. The Hall–Kier alpha value is -1.98. The highest BCUT2D eigenvalue weighted by molar-refractivity contribution is 5.90. The van der Waals surface area contributed by atoms with Gasteiger partial charge in [-0.2, -0.15) is 0 Å². The number of urea groups is 1. The lowest BCUT2D eigenvalue weighted by atomic mass is 10.0. The second-order valence-electron chi connectivity index (χ2n) is 5.58. The minimum absolute atomic E-state index is 0.0692. The van der Waals surface area contributed by atoms with E-state index in [1.165, 1.54) is 13.5 Å². The van der Waals surface area contributed by atoms with E-state index in [1.54, 1.807) is 13.0 Å². The second-order valence-corrected chi connectivity index (χ2v) is 5.58. The third-order valence-corrected chi connectivity index (χ3v) is 4.15. The molecule has 1 atom stereocenters. The number of methoxy groups -OCH3 is 1. The van der Waals surface area contributed by atoms with Gasteiger partial charge in [0.25, 0.3) is 0 Å². The van der Waals surface area contributed by atoms with Gasteiger partial charge in [0.05, 0.1) is 13.7 Å². The van der Waals surface area contributed by atoms with E-state index < -0.39 is 5.97 Å². The Kier molecular flexibility index (Phi) is 5.46. The van der Waals surface area contributed by atoms with E-state index in [4.69, 9.17) is 4.42 Å². The molecule has 1 aromatic rings. The third-order valence-electron chi connectivity index (χ3n) is 4.15. The number of esters is 1. The van der Waals surface area contributed by atoms with Crippen LogP contribution in [0, 0.1) is 6.92 Å². The van der Waals surface area contributed by atoms with Crippen molar-refractivity contribution in [3.05, 3.63) is 23.2 Å². The van der Waals surface area contributed by atoms with Crippen molar-refractivity contribution in [2.45, 2.75) is 52.1 Å². The minimum atomic E-state index is -0.430. The average Bonchev–Trinajstić information content (AvgIpc) is 2.92. The summed E-state index contributed by atoms with van der Waals surface area (Å²) in [4.78, 5) is 25.7. The van der Waals surface area contributed by atoms with Crippen LogP contribution in [0.15, 0.2) is 10.5 Å². The number of aryl methyl sites for hydroxylation is 1. The molecule has 1 unspecified atom stereocenters. The van der Waals surface area contributed by atoms with Gasteiger partial charge in [-0.1, -0.05) is 6.92 Å². The molecular formula is C16H24N2O4. The molecule has 0 aliphatic carbocycles. The summed E-state index contributed by atoms with van der Waals surface area (Å²) in [5.74, 6) is 0.623. The van der Waals surface area contributed by atoms with Crippen LogP contribution in [0.5, 0.6) is 0 Å². The maximum absolute atomic E-state index is 12.3. The van der Waals surface area contributed by atoms with Crippen LogP contribution in [0.4, 0.5) is 4.79 Å². The first kappa shape index (κ1) is 16.4. The van der Waals surface area contributed by atoms with Crippen LogP contribution >= 0.6 is 0 Å². The highest BCUT2D eigenvalue weighted by Crippen LogP contribution is 2.20. The van der Waals surface area contributed by atoms with Crippen LogP contribution < -0.4 is 5.32 Å². The summed E-state index contributed by atoms with van der Waals surface area (Å²) in [7, 11) is 1.33. The number of rotatable bonds is 4. The molecule has 0 aromatic carbocycles. The number of nitrogens with zero attached hydrogens (tertiary/aromatic N) is 1. The summed E-state index contributed by atoms with van der Waals surface area (Å²) >= 11 is 0. The van der Waals surface area contributed by atoms with Gasteiger partial charge in [0.2, 0.25) is 0 Å². The van der Waals surface area contributed by atoms with Crippen molar-refractivity contribution in [3.8, 4) is 0 Å². The lowest BCUT2D eigenvalue weighted by molar-refractivity contribution is 0.0598. The second kappa shape index (κ2) is 7.33. The van der Waals surface area contributed by atoms with Crippen LogP contribution in [0.1, 0.15) is 54.5 Å². The Morgan fingerprint density at radius 2 is 2.23 bits per heavy atom. The Labute approximate surface area is 130 Å². The quantitative estimate of drug-likeness (QED) is 0.868. The van der Waals surface area contributed by atoms with Gasteiger partial charge >= 0.3 is 12.0 Å². The molecule has 0 radical (unpaired) electrons. The highest BCUT2D eigenvalue weighted by atomic mass is 16.5. The van der Waals surface area contributed by atoms with E-state index in [9.17, 15) is 9.59 Å². The molecule has 1 aliphatic heterocycles. The zero-order valence-electron chi connectivity index (χ0n) is 13.5. The standard InChI is InChI=1S/C16H24N2O4/c1-4-12-7-5-6-8-18(12)16(20)17-10-13-9-14(11(2)22-13)15(19)21-3/h9,12H,4-8,10H2,1-3H3,(H,17,20). The van der Waals surface area contributed by atoms with Crippen LogP contribution in [0.3, 0.4) is 0 Å². The van der Waals surface area contributed by atoms with Crippen LogP contribution in [-0.4, -0.2) is 36.6 Å². The fraction of sp³-hybridized carbons (Fsp3) is 0.625. The van der Waals surface area contributed by atoms with Gasteiger partial charge in [-0.05, 0) is 38.7 Å². The van der Waals surface area contributed by atoms with E-state index in [0.717, 1.165) is 25.8 Å². The number of nitrogens with one attached hydrogen (secondary N) is 1. The Bertz CT molecular complexity index is 538. The molecule has 122 valence electrons. The summed E-state index contributed by atoms with van der Waals surface area (Å²) in [6.07, 6.45) is 4.27. The zero-order valence-corrected chi connectivity index (χ0v) is 13.5. The van der Waals surface area contributed by atoms with Gasteiger partial charge in [-0.15, -0.1) is 0 Å². The van der Waals surface area contributed by atoms with Crippen molar-refractivity contribution in [3.63, 3.8) is 0 Å². The summed E-state index contributed by atoms with van der Waals surface area (Å²) in [6.45, 7) is 4.88. The fourth-order valence-corrected chi connectivity index (χ4v) is 2.90. The predicted octanol–water partition coefficient (Wildman–Crippen LogP) is 2.85. The van der Waals surface area contributed by atoms with Crippen LogP contribution in [-0.2, 0) is 11.3 Å². The highest BCUT2D eigenvalue weighted by Gasteiger charge is 2.25. The molecule has 1 N–H and O–H groups in total. The number of carbonyl (C=O) groups is 2. The zero-order chi connectivity index (χ0) is 16.1. The monoisotopic (exact) mass is 308 g/mol. The molecule has 22 heavy (non-hydrogen) atoms. The van der Waals surface area contributed by atoms with Gasteiger partial charge in [0, 0.05) is 12.6 Å². The van der Waals surface area contributed by atoms with Gasteiger partial charge in [-0.3, -0.25) is 0 Å². The predicted molar refractivity (Wildman–Crippen MR) is 81.7 cm³/mol. The largest absolute Gasteiger partial charge is 0.465 e. The number of piperidine rings is 1. The molecule has 6 nitrogen and oxygen atoms in total. The number of hydrogen-bond donors (Lipinski definition) is 1. The third kappa shape index (κ3) is 3.61.